The highest BCUT2D eigenvalue weighted by Crippen LogP contribution is 2.36. The number of fused-ring (bicyclic) bond motifs is 1. The van der Waals surface area contributed by atoms with Gasteiger partial charge >= 0.3 is 5.97 Å². The van der Waals surface area contributed by atoms with E-state index in [-0.39, 0.29) is 5.97 Å². The van der Waals surface area contributed by atoms with Gasteiger partial charge in [0, 0.05) is 11.6 Å². The minimum absolute atomic E-state index is 0.289. The molecule has 0 atom stereocenters. The number of aromatic nitrogens is 2. The number of hydrogen-bond acceptors (Lipinski definition) is 3. The Morgan fingerprint density at radius 2 is 1.88 bits per heavy atom. The molecule has 1 heterocycles. The number of carbonyl (C=O) groups excluding carboxylic acids is 1. The van der Waals surface area contributed by atoms with Crippen molar-refractivity contribution in [1.29, 1.82) is 0 Å². The Labute approximate surface area is 153 Å². The van der Waals surface area contributed by atoms with Gasteiger partial charge in [0.1, 0.15) is 5.82 Å². The van der Waals surface area contributed by atoms with Crippen molar-refractivity contribution in [2.24, 2.45) is 0 Å². The normalized spacial score (nSPS) is 15.3. The number of esters is 1. The molecule has 1 aliphatic rings. The summed E-state index contributed by atoms with van der Waals surface area (Å²) in [4.78, 5) is 17.0. The van der Waals surface area contributed by atoms with Crippen molar-refractivity contribution in [2.75, 3.05) is 6.61 Å². The first-order valence-corrected chi connectivity index (χ1v) is 9.52. The average Bonchev–Trinajstić information content (AvgIpc) is 3.08. The Balaban J connectivity index is 1.86. The molecule has 0 aliphatic heterocycles. The third-order valence-electron chi connectivity index (χ3n) is 5.17. The van der Waals surface area contributed by atoms with Crippen molar-refractivity contribution in [3.63, 3.8) is 0 Å². The predicted octanol–water partition coefficient (Wildman–Crippen LogP) is 5.39. The lowest BCUT2D eigenvalue weighted by molar-refractivity contribution is 0.0526. The summed E-state index contributed by atoms with van der Waals surface area (Å²) in [6.45, 7) is 2.20. The first-order chi connectivity index (χ1) is 12.8. The highest BCUT2D eigenvalue weighted by Gasteiger charge is 2.23. The zero-order valence-corrected chi connectivity index (χ0v) is 15.1. The van der Waals surface area contributed by atoms with Gasteiger partial charge in [0.25, 0.3) is 0 Å². The lowest BCUT2D eigenvalue weighted by Gasteiger charge is -2.25. The largest absolute Gasteiger partial charge is 0.462 e. The smallest absolute Gasteiger partial charge is 0.338 e. The fourth-order valence-corrected chi connectivity index (χ4v) is 3.94. The Morgan fingerprint density at radius 3 is 2.62 bits per heavy atom. The number of hydrogen-bond donors (Lipinski definition) is 0. The third kappa shape index (κ3) is 3.12. The molecule has 0 bridgehead atoms. The molecule has 0 N–H and O–H groups in total. The number of carbonyl (C=O) groups is 1. The number of rotatable bonds is 4. The molecule has 0 saturated heterocycles. The molecule has 2 aromatic carbocycles. The quantitative estimate of drug-likeness (QED) is 0.594. The van der Waals surface area contributed by atoms with E-state index in [2.05, 4.69) is 16.7 Å². The van der Waals surface area contributed by atoms with Crippen LogP contribution in [0.3, 0.4) is 0 Å². The monoisotopic (exact) mass is 348 g/mol. The SMILES string of the molecule is CCOC(=O)c1ccc2c(c1)nc(-c1ccccc1)n2C1CCCCC1. The van der Waals surface area contributed by atoms with Crippen molar-refractivity contribution in [2.45, 2.75) is 45.1 Å². The van der Waals surface area contributed by atoms with Crippen LogP contribution < -0.4 is 0 Å². The van der Waals surface area contributed by atoms with Crippen molar-refractivity contribution >= 4 is 17.0 Å². The molecule has 4 heteroatoms. The molecule has 1 aromatic heterocycles. The average molecular weight is 348 g/mol. The zero-order valence-electron chi connectivity index (χ0n) is 15.1. The summed E-state index contributed by atoms with van der Waals surface area (Å²) >= 11 is 0. The second-order valence-corrected chi connectivity index (χ2v) is 6.89. The molecule has 0 unspecified atom stereocenters. The van der Waals surface area contributed by atoms with E-state index in [1.165, 1.54) is 32.1 Å². The van der Waals surface area contributed by atoms with E-state index < -0.39 is 0 Å². The number of imidazole rings is 1. The number of benzene rings is 2. The minimum atomic E-state index is -0.289. The van der Waals surface area contributed by atoms with Crippen LogP contribution in [0, 0.1) is 0 Å². The van der Waals surface area contributed by atoms with Crippen LogP contribution in [-0.4, -0.2) is 22.1 Å². The van der Waals surface area contributed by atoms with Gasteiger partial charge in [-0.3, -0.25) is 0 Å². The fraction of sp³-hybridized carbons (Fsp3) is 0.364. The van der Waals surface area contributed by atoms with Crippen LogP contribution in [0.25, 0.3) is 22.4 Å². The van der Waals surface area contributed by atoms with Gasteiger partial charge in [-0.25, -0.2) is 9.78 Å². The fourth-order valence-electron chi connectivity index (χ4n) is 3.94. The van der Waals surface area contributed by atoms with Gasteiger partial charge in [-0.15, -0.1) is 0 Å². The molecule has 134 valence electrons. The first-order valence-electron chi connectivity index (χ1n) is 9.52. The summed E-state index contributed by atoms with van der Waals surface area (Å²) in [5.74, 6) is 0.705. The summed E-state index contributed by atoms with van der Waals surface area (Å²) in [6, 6.07) is 16.5. The van der Waals surface area contributed by atoms with Gasteiger partial charge < -0.3 is 9.30 Å². The van der Waals surface area contributed by atoms with E-state index in [1.54, 1.807) is 0 Å². The Bertz CT molecular complexity index is 909. The lowest BCUT2D eigenvalue weighted by Crippen LogP contribution is -2.14. The van der Waals surface area contributed by atoms with Gasteiger partial charge in [0.15, 0.2) is 0 Å². The molecule has 0 amide bonds. The lowest BCUT2D eigenvalue weighted by atomic mass is 9.95. The Kier molecular flexibility index (Phi) is 4.74. The minimum Gasteiger partial charge on any atom is -0.462 e. The van der Waals surface area contributed by atoms with Crippen molar-refractivity contribution < 1.29 is 9.53 Å². The maximum absolute atomic E-state index is 12.1. The number of ether oxygens (including phenoxy) is 1. The van der Waals surface area contributed by atoms with E-state index in [0.717, 1.165) is 22.4 Å². The van der Waals surface area contributed by atoms with Crippen LogP contribution in [0.2, 0.25) is 0 Å². The highest BCUT2D eigenvalue weighted by atomic mass is 16.5. The van der Waals surface area contributed by atoms with Crippen LogP contribution in [-0.2, 0) is 4.74 Å². The van der Waals surface area contributed by atoms with Gasteiger partial charge in [-0.05, 0) is 38.0 Å². The zero-order chi connectivity index (χ0) is 17.9. The van der Waals surface area contributed by atoms with E-state index in [4.69, 9.17) is 9.72 Å². The van der Waals surface area contributed by atoms with Gasteiger partial charge in [-0.1, -0.05) is 49.6 Å². The molecule has 0 radical (unpaired) electrons. The Morgan fingerprint density at radius 1 is 1.12 bits per heavy atom. The first kappa shape index (κ1) is 16.8. The summed E-state index contributed by atoms with van der Waals surface area (Å²) in [5, 5.41) is 0. The standard InChI is InChI=1S/C22H24N2O2/c1-2-26-22(25)17-13-14-20-19(15-17)23-21(16-9-5-3-6-10-16)24(20)18-11-7-4-8-12-18/h3,5-6,9-10,13-15,18H,2,4,7-8,11-12H2,1H3. The summed E-state index contributed by atoms with van der Waals surface area (Å²) < 4.78 is 7.53. The molecule has 3 aromatic rings. The molecule has 1 aliphatic carbocycles. The third-order valence-corrected chi connectivity index (χ3v) is 5.17. The van der Waals surface area contributed by atoms with Crippen LogP contribution in [0.4, 0.5) is 0 Å². The molecule has 1 fully saturated rings. The van der Waals surface area contributed by atoms with Crippen LogP contribution >= 0.6 is 0 Å². The maximum atomic E-state index is 12.1. The van der Waals surface area contributed by atoms with Crippen molar-refractivity contribution in [3.05, 3.63) is 54.1 Å². The van der Waals surface area contributed by atoms with Crippen LogP contribution in [0.1, 0.15) is 55.4 Å². The molecule has 4 nitrogen and oxygen atoms in total. The van der Waals surface area contributed by atoms with Gasteiger partial charge in [-0.2, -0.15) is 0 Å². The van der Waals surface area contributed by atoms with E-state index >= 15 is 0 Å². The summed E-state index contributed by atoms with van der Waals surface area (Å²) in [7, 11) is 0. The topological polar surface area (TPSA) is 44.1 Å². The highest BCUT2D eigenvalue weighted by molar-refractivity contribution is 5.94. The Hall–Kier alpha value is -2.62. The second kappa shape index (κ2) is 7.32. The number of nitrogens with zero attached hydrogens (tertiary/aromatic N) is 2. The van der Waals surface area contributed by atoms with Crippen molar-refractivity contribution in [3.8, 4) is 11.4 Å². The molecule has 26 heavy (non-hydrogen) atoms. The second-order valence-electron chi connectivity index (χ2n) is 6.89. The molecular formula is C22H24N2O2. The van der Waals surface area contributed by atoms with Crippen molar-refractivity contribution in [1.82, 2.24) is 9.55 Å². The summed E-state index contributed by atoms with van der Waals surface area (Å²) in [6.07, 6.45) is 6.21. The maximum Gasteiger partial charge on any atom is 0.338 e. The van der Waals surface area contributed by atoms with Gasteiger partial charge in [0.2, 0.25) is 0 Å². The van der Waals surface area contributed by atoms with Crippen LogP contribution in [0.5, 0.6) is 0 Å². The predicted molar refractivity (Wildman–Crippen MR) is 103 cm³/mol. The molecule has 4 rings (SSSR count). The molecule has 0 spiro atoms. The van der Waals surface area contributed by atoms with Gasteiger partial charge in [0.05, 0.1) is 23.2 Å². The van der Waals surface area contributed by atoms with E-state index in [0.29, 0.717) is 18.2 Å². The molecule has 1 saturated carbocycles. The van der Waals surface area contributed by atoms with E-state index in [1.807, 2.05) is 43.3 Å². The van der Waals surface area contributed by atoms with E-state index in [9.17, 15) is 4.79 Å². The molecular weight excluding hydrogens is 324 g/mol. The summed E-state index contributed by atoms with van der Waals surface area (Å²) in [5.41, 5.74) is 3.64. The van der Waals surface area contributed by atoms with Crippen LogP contribution in [0.15, 0.2) is 48.5 Å².